The topological polar surface area (TPSA) is 58.2 Å². The maximum Gasteiger partial charge on any atom is 0.471 e. The number of amides is 2. The van der Waals surface area contributed by atoms with Crippen LogP contribution in [-0.4, -0.2) is 18.0 Å². The molecule has 0 radical (unpaired) electrons. The first-order valence-corrected chi connectivity index (χ1v) is 6.05. The van der Waals surface area contributed by atoms with Crippen molar-refractivity contribution < 1.29 is 22.8 Å². The van der Waals surface area contributed by atoms with Crippen LogP contribution in [0.15, 0.2) is 18.2 Å². The van der Waals surface area contributed by atoms with E-state index in [1.165, 1.54) is 18.2 Å². The summed E-state index contributed by atoms with van der Waals surface area (Å²) in [5.74, 6) is -2.24. The second-order valence-corrected chi connectivity index (χ2v) is 4.30. The molecule has 0 bridgehead atoms. The summed E-state index contributed by atoms with van der Waals surface area (Å²) < 4.78 is 36.2. The molecule has 2 N–H and O–H groups in total. The highest BCUT2D eigenvalue weighted by Gasteiger charge is 2.38. The molecular formula is C12H12ClF3N2O2. The number of benzene rings is 1. The molecule has 1 rings (SSSR count). The Labute approximate surface area is 118 Å². The number of anilines is 1. The molecule has 0 aliphatic heterocycles. The fraction of sp³-hybridized carbons (Fsp3) is 0.333. The molecule has 0 aliphatic rings. The molecule has 0 aliphatic carbocycles. The smallest absolute Gasteiger partial charge is 0.352 e. The average molecular weight is 309 g/mol. The van der Waals surface area contributed by atoms with E-state index in [0.29, 0.717) is 12.0 Å². The normalized spacial score (nSPS) is 11.1. The van der Waals surface area contributed by atoms with E-state index in [9.17, 15) is 22.8 Å². The van der Waals surface area contributed by atoms with Crippen LogP contribution in [0.3, 0.4) is 0 Å². The largest absolute Gasteiger partial charge is 0.471 e. The van der Waals surface area contributed by atoms with Gasteiger partial charge in [-0.15, -0.1) is 0 Å². The monoisotopic (exact) mass is 308 g/mol. The molecule has 20 heavy (non-hydrogen) atoms. The quantitative estimate of drug-likeness (QED) is 0.898. The van der Waals surface area contributed by atoms with Crippen LogP contribution in [-0.2, 0) is 16.1 Å². The van der Waals surface area contributed by atoms with Gasteiger partial charge in [0.05, 0.1) is 0 Å². The van der Waals surface area contributed by atoms with Crippen LogP contribution in [0.1, 0.15) is 18.9 Å². The molecule has 0 saturated heterocycles. The molecule has 4 nitrogen and oxygen atoms in total. The lowest BCUT2D eigenvalue weighted by Gasteiger charge is -2.10. The van der Waals surface area contributed by atoms with Gasteiger partial charge in [-0.25, -0.2) is 0 Å². The minimum atomic E-state index is -4.96. The number of rotatable bonds is 4. The van der Waals surface area contributed by atoms with Crippen molar-refractivity contribution in [2.75, 3.05) is 5.32 Å². The van der Waals surface area contributed by atoms with E-state index in [0.717, 1.165) is 0 Å². The van der Waals surface area contributed by atoms with Gasteiger partial charge in [-0.2, -0.15) is 13.2 Å². The fourth-order valence-electron chi connectivity index (χ4n) is 1.29. The Morgan fingerprint density at radius 2 is 1.95 bits per heavy atom. The summed E-state index contributed by atoms with van der Waals surface area (Å²) in [5, 5.41) is 4.43. The third kappa shape index (κ3) is 4.73. The molecule has 0 spiro atoms. The summed E-state index contributed by atoms with van der Waals surface area (Å²) in [6, 6.07) is 3.91. The van der Waals surface area contributed by atoms with Crippen molar-refractivity contribution in [3.8, 4) is 0 Å². The van der Waals surface area contributed by atoms with E-state index in [4.69, 9.17) is 11.6 Å². The van der Waals surface area contributed by atoms with Gasteiger partial charge in [0.15, 0.2) is 0 Å². The van der Waals surface area contributed by atoms with Crippen LogP contribution in [0.4, 0.5) is 18.9 Å². The van der Waals surface area contributed by atoms with Gasteiger partial charge in [0.1, 0.15) is 0 Å². The summed E-state index contributed by atoms with van der Waals surface area (Å²) >= 11 is 5.87. The lowest BCUT2D eigenvalue weighted by molar-refractivity contribution is -0.167. The van der Waals surface area contributed by atoms with Crippen LogP contribution in [0.2, 0.25) is 5.02 Å². The van der Waals surface area contributed by atoms with E-state index in [2.05, 4.69) is 5.32 Å². The number of nitrogens with one attached hydrogen (secondary N) is 2. The third-order valence-corrected chi connectivity index (χ3v) is 2.72. The Morgan fingerprint density at radius 1 is 1.30 bits per heavy atom. The molecule has 110 valence electrons. The van der Waals surface area contributed by atoms with Crippen molar-refractivity contribution in [3.63, 3.8) is 0 Å². The lowest BCUT2D eigenvalue weighted by atomic mass is 10.2. The van der Waals surface area contributed by atoms with Gasteiger partial charge in [0.25, 0.3) is 0 Å². The van der Waals surface area contributed by atoms with Crippen LogP contribution < -0.4 is 10.6 Å². The second kappa shape index (κ2) is 6.60. The number of hydrogen-bond acceptors (Lipinski definition) is 2. The van der Waals surface area contributed by atoms with Crippen LogP contribution in [0.25, 0.3) is 0 Å². The summed E-state index contributed by atoms with van der Waals surface area (Å²) in [6.45, 7) is 1.85. The number of alkyl halides is 3. The van der Waals surface area contributed by atoms with Gasteiger partial charge in [-0.3, -0.25) is 9.59 Å². The summed E-state index contributed by atoms with van der Waals surface area (Å²) in [4.78, 5) is 21.8. The molecule has 0 unspecified atom stereocenters. The average Bonchev–Trinajstić information content (AvgIpc) is 2.36. The summed E-state index contributed by atoms with van der Waals surface area (Å²) in [6.07, 6.45) is -4.64. The highest BCUT2D eigenvalue weighted by atomic mass is 35.5. The van der Waals surface area contributed by atoms with Crippen molar-refractivity contribution in [1.82, 2.24) is 5.32 Å². The maximum atomic E-state index is 12.1. The van der Waals surface area contributed by atoms with Crippen molar-refractivity contribution in [2.24, 2.45) is 0 Å². The number of hydrogen-bond donors (Lipinski definition) is 2. The minimum absolute atomic E-state index is 0.0668. The predicted molar refractivity (Wildman–Crippen MR) is 68.3 cm³/mol. The highest BCUT2D eigenvalue weighted by molar-refractivity contribution is 6.31. The Morgan fingerprint density at radius 3 is 2.45 bits per heavy atom. The summed E-state index contributed by atoms with van der Waals surface area (Å²) in [7, 11) is 0. The minimum Gasteiger partial charge on any atom is -0.352 e. The van der Waals surface area contributed by atoms with Gasteiger partial charge in [-0.1, -0.05) is 24.6 Å². The van der Waals surface area contributed by atoms with E-state index in [1.54, 1.807) is 12.2 Å². The Bertz CT molecular complexity index is 518. The van der Waals surface area contributed by atoms with Gasteiger partial charge in [-0.05, 0) is 17.7 Å². The SMILES string of the molecule is CCC(=O)NCc1ccc(NC(=O)C(F)(F)F)cc1Cl. The number of halogens is 4. The predicted octanol–water partition coefficient (Wildman–Crippen LogP) is 2.87. The van der Waals surface area contributed by atoms with E-state index in [-0.39, 0.29) is 23.2 Å². The van der Waals surface area contributed by atoms with Crippen LogP contribution in [0.5, 0.6) is 0 Å². The second-order valence-electron chi connectivity index (χ2n) is 3.89. The maximum absolute atomic E-state index is 12.1. The van der Waals surface area contributed by atoms with Crippen molar-refractivity contribution >= 4 is 29.1 Å². The first kappa shape index (κ1) is 16.3. The van der Waals surface area contributed by atoms with Gasteiger partial charge in [0.2, 0.25) is 5.91 Å². The van der Waals surface area contributed by atoms with E-state index < -0.39 is 12.1 Å². The zero-order chi connectivity index (χ0) is 15.3. The molecule has 8 heteroatoms. The molecule has 1 aromatic carbocycles. The highest BCUT2D eigenvalue weighted by Crippen LogP contribution is 2.23. The van der Waals surface area contributed by atoms with Gasteiger partial charge >= 0.3 is 12.1 Å². The summed E-state index contributed by atoms with van der Waals surface area (Å²) in [5.41, 5.74) is 0.473. The van der Waals surface area contributed by atoms with Crippen molar-refractivity contribution in [2.45, 2.75) is 26.1 Å². The molecule has 0 atom stereocenters. The van der Waals surface area contributed by atoms with Gasteiger partial charge < -0.3 is 10.6 Å². The zero-order valence-electron chi connectivity index (χ0n) is 10.5. The first-order chi connectivity index (χ1) is 9.24. The van der Waals surface area contributed by atoms with E-state index >= 15 is 0 Å². The zero-order valence-corrected chi connectivity index (χ0v) is 11.2. The van der Waals surface area contributed by atoms with Gasteiger partial charge in [0, 0.05) is 23.7 Å². The van der Waals surface area contributed by atoms with Crippen molar-refractivity contribution in [1.29, 1.82) is 0 Å². The first-order valence-electron chi connectivity index (χ1n) is 5.67. The van der Waals surface area contributed by atoms with Crippen LogP contribution >= 0.6 is 11.6 Å². The molecule has 0 heterocycles. The van der Waals surface area contributed by atoms with E-state index in [1.807, 2.05) is 0 Å². The Hall–Kier alpha value is -1.76. The molecule has 0 saturated carbocycles. The van der Waals surface area contributed by atoms with Crippen molar-refractivity contribution in [3.05, 3.63) is 28.8 Å². The molecular weight excluding hydrogens is 297 g/mol. The number of carbonyl (C=O) groups excluding carboxylic acids is 2. The third-order valence-electron chi connectivity index (χ3n) is 2.37. The Balaban J connectivity index is 2.73. The molecule has 1 aromatic rings. The Kier molecular flexibility index (Phi) is 5.38. The lowest BCUT2D eigenvalue weighted by Crippen LogP contribution is -2.29. The van der Waals surface area contributed by atoms with Crippen LogP contribution in [0, 0.1) is 0 Å². The standard InChI is InChI=1S/C12H12ClF3N2O2/c1-2-10(19)17-6-7-3-4-8(5-9(7)13)18-11(20)12(14,15)16/h3-5H,2,6H2,1H3,(H,17,19)(H,18,20). The molecule has 0 fully saturated rings. The fourth-order valence-corrected chi connectivity index (χ4v) is 1.54. The number of carbonyl (C=O) groups is 2. The molecule has 0 aromatic heterocycles. The molecule has 2 amide bonds.